The molecule has 0 saturated heterocycles. The Labute approximate surface area is 130 Å². The predicted molar refractivity (Wildman–Crippen MR) is 83.5 cm³/mol. The number of rotatable bonds is 8. The fraction of sp³-hybridized carbons (Fsp3) is 0.467. The number of hydrogen-bond donors (Lipinski definition) is 0. The summed E-state index contributed by atoms with van der Waals surface area (Å²) in [7, 11) is 8.09. The number of carbonyl (C=O) groups is 1. The number of benzene rings is 1. The standard InChI is InChI=1S/C15H22N2O5/c1-17(2)10-16-12-9-13(20-4)14(22-7-6-19-3)8-11(12)15(18)21-5/h8-10H,6-7H2,1-5H3. The van der Waals surface area contributed by atoms with Crippen molar-refractivity contribution in [1.29, 1.82) is 0 Å². The van der Waals surface area contributed by atoms with Crippen molar-refractivity contribution in [2.45, 2.75) is 0 Å². The number of carbonyl (C=O) groups excluding carboxylic acids is 1. The SMILES string of the molecule is COCCOc1cc(C(=O)OC)c(N=CN(C)C)cc1OC. The van der Waals surface area contributed by atoms with Gasteiger partial charge in [0.05, 0.1) is 38.4 Å². The van der Waals surface area contributed by atoms with Gasteiger partial charge in [0, 0.05) is 33.3 Å². The van der Waals surface area contributed by atoms with Crippen LogP contribution in [-0.2, 0) is 9.47 Å². The maximum Gasteiger partial charge on any atom is 0.340 e. The van der Waals surface area contributed by atoms with E-state index in [-0.39, 0.29) is 0 Å². The molecule has 0 unspecified atom stereocenters. The third-order valence-electron chi connectivity index (χ3n) is 2.66. The third-order valence-corrected chi connectivity index (χ3v) is 2.66. The summed E-state index contributed by atoms with van der Waals surface area (Å²) in [6.07, 6.45) is 1.59. The van der Waals surface area contributed by atoms with E-state index in [1.165, 1.54) is 14.2 Å². The summed E-state index contributed by atoms with van der Waals surface area (Å²) < 4.78 is 20.6. The fourth-order valence-corrected chi connectivity index (χ4v) is 1.61. The molecule has 0 aliphatic rings. The van der Waals surface area contributed by atoms with E-state index >= 15 is 0 Å². The molecule has 0 fully saturated rings. The van der Waals surface area contributed by atoms with Gasteiger partial charge in [0.15, 0.2) is 11.5 Å². The Morgan fingerprint density at radius 2 is 1.91 bits per heavy atom. The molecule has 1 aromatic rings. The Hall–Kier alpha value is -2.28. The molecule has 0 atom stereocenters. The molecule has 0 aliphatic heterocycles. The molecule has 1 rings (SSSR count). The zero-order valence-electron chi connectivity index (χ0n) is 13.6. The van der Waals surface area contributed by atoms with Crippen LogP contribution in [0.15, 0.2) is 17.1 Å². The molecule has 0 heterocycles. The zero-order valence-corrected chi connectivity index (χ0v) is 13.6. The molecule has 0 amide bonds. The van der Waals surface area contributed by atoms with Gasteiger partial charge in [0.25, 0.3) is 0 Å². The van der Waals surface area contributed by atoms with Crippen molar-refractivity contribution in [3.63, 3.8) is 0 Å². The van der Waals surface area contributed by atoms with Crippen molar-refractivity contribution in [2.24, 2.45) is 4.99 Å². The molecule has 0 bridgehead atoms. The molecular weight excluding hydrogens is 288 g/mol. The fourth-order valence-electron chi connectivity index (χ4n) is 1.61. The van der Waals surface area contributed by atoms with Crippen LogP contribution in [0.4, 0.5) is 5.69 Å². The molecule has 22 heavy (non-hydrogen) atoms. The molecular formula is C15H22N2O5. The molecule has 0 aromatic heterocycles. The quantitative estimate of drug-likeness (QED) is 0.315. The van der Waals surface area contributed by atoms with Gasteiger partial charge in [0.1, 0.15) is 6.61 Å². The summed E-state index contributed by atoms with van der Waals surface area (Å²) in [4.78, 5) is 18.0. The van der Waals surface area contributed by atoms with Gasteiger partial charge in [-0.05, 0) is 0 Å². The van der Waals surface area contributed by atoms with Crippen LogP contribution in [0, 0.1) is 0 Å². The number of esters is 1. The smallest absolute Gasteiger partial charge is 0.340 e. The maximum absolute atomic E-state index is 11.9. The number of nitrogens with zero attached hydrogens (tertiary/aromatic N) is 2. The van der Waals surface area contributed by atoms with Gasteiger partial charge >= 0.3 is 5.97 Å². The van der Waals surface area contributed by atoms with Gasteiger partial charge in [-0.2, -0.15) is 0 Å². The van der Waals surface area contributed by atoms with Gasteiger partial charge in [-0.15, -0.1) is 0 Å². The van der Waals surface area contributed by atoms with Gasteiger partial charge in [-0.3, -0.25) is 0 Å². The first-order chi connectivity index (χ1) is 10.5. The molecule has 0 N–H and O–H groups in total. The second-order valence-corrected chi connectivity index (χ2v) is 4.56. The van der Waals surface area contributed by atoms with Crippen molar-refractivity contribution in [3.05, 3.63) is 17.7 Å². The lowest BCUT2D eigenvalue weighted by Gasteiger charge is -2.14. The first-order valence-corrected chi connectivity index (χ1v) is 6.66. The second kappa shape index (κ2) is 8.89. The number of ether oxygens (including phenoxy) is 4. The van der Waals surface area contributed by atoms with Crippen LogP contribution in [0.2, 0.25) is 0 Å². The molecule has 1 aromatic carbocycles. The van der Waals surface area contributed by atoms with E-state index in [0.717, 1.165) is 0 Å². The van der Waals surface area contributed by atoms with E-state index in [2.05, 4.69) is 4.99 Å². The van der Waals surface area contributed by atoms with Gasteiger partial charge in [0.2, 0.25) is 0 Å². The average molecular weight is 310 g/mol. The number of hydrogen-bond acceptors (Lipinski definition) is 6. The van der Waals surface area contributed by atoms with E-state index < -0.39 is 5.97 Å². The van der Waals surface area contributed by atoms with Crippen LogP contribution in [0.1, 0.15) is 10.4 Å². The zero-order chi connectivity index (χ0) is 16.5. The maximum atomic E-state index is 11.9. The average Bonchev–Trinajstić information content (AvgIpc) is 2.52. The lowest BCUT2D eigenvalue weighted by atomic mass is 10.1. The number of methoxy groups -OCH3 is 3. The van der Waals surface area contributed by atoms with Crippen LogP contribution in [0.5, 0.6) is 11.5 Å². The highest BCUT2D eigenvalue weighted by atomic mass is 16.5. The lowest BCUT2D eigenvalue weighted by molar-refractivity contribution is 0.0601. The lowest BCUT2D eigenvalue weighted by Crippen LogP contribution is -2.09. The summed E-state index contributed by atoms with van der Waals surface area (Å²) >= 11 is 0. The Morgan fingerprint density at radius 1 is 1.18 bits per heavy atom. The molecule has 0 spiro atoms. The minimum atomic E-state index is -0.495. The molecule has 0 saturated carbocycles. The highest BCUT2D eigenvalue weighted by molar-refractivity contribution is 5.96. The minimum absolute atomic E-state index is 0.300. The second-order valence-electron chi connectivity index (χ2n) is 4.56. The normalized spacial score (nSPS) is 10.6. The topological polar surface area (TPSA) is 69.6 Å². The van der Waals surface area contributed by atoms with E-state index in [1.807, 2.05) is 14.1 Å². The summed E-state index contributed by atoms with van der Waals surface area (Å²) in [5.41, 5.74) is 0.741. The van der Waals surface area contributed by atoms with Crippen LogP contribution in [0.25, 0.3) is 0 Å². The van der Waals surface area contributed by atoms with E-state index in [1.54, 1.807) is 30.5 Å². The largest absolute Gasteiger partial charge is 0.493 e. The molecule has 7 heteroatoms. The summed E-state index contributed by atoms with van der Waals surface area (Å²) in [5, 5.41) is 0. The van der Waals surface area contributed by atoms with Crippen molar-refractivity contribution in [3.8, 4) is 11.5 Å². The van der Waals surface area contributed by atoms with Gasteiger partial charge in [-0.25, -0.2) is 9.79 Å². The van der Waals surface area contributed by atoms with Gasteiger partial charge < -0.3 is 23.8 Å². The van der Waals surface area contributed by atoms with Crippen molar-refractivity contribution >= 4 is 18.0 Å². The van der Waals surface area contributed by atoms with Crippen LogP contribution < -0.4 is 9.47 Å². The minimum Gasteiger partial charge on any atom is -0.493 e. The summed E-state index contributed by atoms with van der Waals surface area (Å²) in [6, 6.07) is 3.19. The molecule has 122 valence electrons. The first-order valence-electron chi connectivity index (χ1n) is 6.66. The van der Waals surface area contributed by atoms with E-state index in [0.29, 0.717) is 36.0 Å². The summed E-state index contributed by atoms with van der Waals surface area (Å²) in [5.74, 6) is 0.420. The number of aliphatic imine (C=N–C) groups is 1. The van der Waals surface area contributed by atoms with Gasteiger partial charge in [-0.1, -0.05) is 0 Å². The monoisotopic (exact) mass is 310 g/mol. The Bertz CT molecular complexity index is 529. The highest BCUT2D eigenvalue weighted by Crippen LogP contribution is 2.35. The Morgan fingerprint density at radius 3 is 2.45 bits per heavy atom. The van der Waals surface area contributed by atoms with E-state index in [4.69, 9.17) is 18.9 Å². The molecule has 7 nitrogen and oxygen atoms in total. The van der Waals surface area contributed by atoms with E-state index in [9.17, 15) is 4.79 Å². The van der Waals surface area contributed by atoms with Crippen LogP contribution >= 0.6 is 0 Å². The van der Waals surface area contributed by atoms with Crippen molar-refractivity contribution in [2.75, 3.05) is 48.6 Å². The molecule has 0 aliphatic carbocycles. The summed E-state index contributed by atoms with van der Waals surface area (Å²) in [6.45, 7) is 0.769. The van der Waals surface area contributed by atoms with Crippen molar-refractivity contribution in [1.82, 2.24) is 4.90 Å². The van der Waals surface area contributed by atoms with Crippen LogP contribution in [-0.4, -0.2) is 65.8 Å². The Balaban J connectivity index is 3.22. The Kier molecular flexibility index (Phi) is 7.18. The molecule has 0 radical (unpaired) electrons. The first kappa shape index (κ1) is 17.8. The van der Waals surface area contributed by atoms with Crippen molar-refractivity contribution < 1.29 is 23.7 Å². The predicted octanol–water partition coefficient (Wildman–Crippen LogP) is 1.73. The van der Waals surface area contributed by atoms with Crippen LogP contribution in [0.3, 0.4) is 0 Å². The third kappa shape index (κ3) is 4.92. The highest BCUT2D eigenvalue weighted by Gasteiger charge is 2.17.